The molecule has 0 aromatic heterocycles. The first-order valence-corrected chi connectivity index (χ1v) is 11.5. The van der Waals surface area contributed by atoms with Crippen molar-refractivity contribution in [1.82, 2.24) is 0 Å². The molecular weight excluding hydrogens is 416 g/mol. The molecule has 0 atom stereocenters. The Balaban J connectivity index is 1.62. The third kappa shape index (κ3) is 5.36. The number of hydrogen-bond acceptors (Lipinski definition) is 1. The van der Waals surface area contributed by atoms with E-state index in [2.05, 4.69) is 35.9 Å². The van der Waals surface area contributed by atoms with E-state index in [9.17, 15) is 17.6 Å². The van der Waals surface area contributed by atoms with Crippen LogP contribution in [0.5, 0.6) is 5.75 Å². The maximum atomic E-state index is 14.3. The lowest BCUT2D eigenvalue weighted by Crippen LogP contribution is -2.13. The maximum absolute atomic E-state index is 14.3. The Morgan fingerprint density at radius 2 is 1.53 bits per heavy atom. The fraction of sp³-hybridized carbons (Fsp3) is 0.481. The Bertz CT molecular complexity index is 912. The standard InChI is InChI=1S/C27H32F4O/c1-4-6-18-9-13-20(14-10-18)21-15-11-19(12-16-21)8-5-7-17(2)22-23(28)25(30)27(32-3)26(31)24(22)29/h7,11-12,15-16,18,20H,4-6,8-10,13-14H2,1-3H3. The minimum absolute atomic E-state index is 0.154. The van der Waals surface area contributed by atoms with Crippen LogP contribution >= 0.6 is 0 Å². The third-order valence-electron chi connectivity index (χ3n) is 6.70. The van der Waals surface area contributed by atoms with Gasteiger partial charge in [-0.15, -0.1) is 0 Å². The van der Waals surface area contributed by atoms with Crippen molar-refractivity contribution in [2.75, 3.05) is 7.11 Å². The summed E-state index contributed by atoms with van der Waals surface area (Å²) < 4.78 is 60.9. The van der Waals surface area contributed by atoms with Crippen molar-refractivity contribution < 1.29 is 22.3 Å². The van der Waals surface area contributed by atoms with Crippen LogP contribution in [0.25, 0.3) is 5.57 Å². The van der Waals surface area contributed by atoms with E-state index in [1.807, 2.05) is 0 Å². The van der Waals surface area contributed by atoms with Crippen molar-refractivity contribution in [2.45, 2.75) is 71.1 Å². The molecule has 0 radical (unpaired) electrons. The van der Waals surface area contributed by atoms with Gasteiger partial charge in [0.25, 0.3) is 0 Å². The summed E-state index contributed by atoms with van der Waals surface area (Å²) in [4.78, 5) is 0. The SMILES string of the molecule is CCCC1CCC(c2ccc(CCC=C(C)c3c(F)c(F)c(OC)c(F)c3F)cc2)CC1. The average Bonchev–Trinajstić information content (AvgIpc) is 2.80. The number of aryl methyl sites for hydroxylation is 1. The van der Waals surface area contributed by atoms with Gasteiger partial charge < -0.3 is 4.74 Å². The minimum Gasteiger partial charge on any atom is -0.491 e. The quantitative estimate of drug-likeness (QED) is 0.291. The van der Waals surface area contributed by atoms with Gasteiger partial charge in [-0.2, -0.15) is 8.78 Å². The van der Waals surface area contributed by atoms with Gasteiger partial charge in [-0.05, 0) is 74.0 Å². The van der Waals surface area contributed by atoms with E-state index in [0.29, 0.717) is 18.8 Å². The fourth-order valence-corrected chi connectivity index (χ4v) is 4.84. The normalized spacial score (nSPS) is 19.3. The van der Waals surface area contributed by atoms with E-state index in [0.717, 1.165) is 18.6 Å². The number of ether oxygens (including phenoxy) is 1. The van der Waals surface area contributed by atoms with Crippen LogP contribution in [-0.2, 0) is 6.42 Å². The van der Waals surface area contributed by atoms with Crippen LogP contribution in [0.4, 0.5) is 17.6 Å². The van der Waals surface area contributed by atoms with E-state index < -0.39 is 34.6 Å². The summed E-state index contributed by atoms with van der Waals surface area (Å²) >= 11 is 0. The van der Waals surface area contributed by atoms with Crippen molar-refractivity contribution in [2.24, 2.45) is 5.92 Å². The Hall–Kier alpha value is -2.30. The fourth-order valence-electron chi connectivity index (χ4n) is 4.84. The van der Waals surface area contributed by atoms with Gasteiger partial charge in [-0.3, -0.25) is 0 Å². The summed E-state index contributed by atoms with van der Waals surface area (Å²) in [6.07, 6.45) is 10.5. The van der Waals surface area contributed by atoms with Gasteiger partial charge in [0.1, 0.15) is 0 Å². The highest BCUT2D eigenvalue weighted by molar-refractivity contribution is 5.66. The summed E-state index contributed by atoms with van der Waals surface area (Å²) in [5.74, 6) is -5.45. The molecule has 2 aromatic rings. The first-order valence-electron chi connectivity index (χ1n) is 11.5. The molecule has 1 fully saturated rings. The molecular formula is C27H32F4O. The van der Waals surface area contributed by atoms with Crippen molar-refractivity contribution in [3.8, 4) is 5.75 Å². The molecule has 0 heterocycles. The molecule has 0 spiro atoms. The molecule has 0 aliphatic heterocycles. The first kappa shape index (κ1) is 24.3. The summed E-state index contributed by atoms with van der Waals surface area (Å²) in [5, 5.41) is 0. The molecule has 5 heteroatoms. The molecule has 3 rings (SSSR count). The summed E-state index contributed by atoms with van der Waals surface area (Å²) in [7, 11) is 0.964. The molecule has 1 saturated carbocycles. The third-order valence-corrected chi connectivity index (χ3v) is 6.70. The van der Waals surface area contributed by atoms with Crippen LogP contribution < -0.4 is 4.74 Å². The molecule has 32 heavy (non-hydrogen) atoms. The van der Waals surface area contributed by atoms with Crippen LogP contribution in [-0.4, -0.2) is 7.11 Å². The highest BCUT2D eigenvalue weighted by atomic mass is 19.2. The topological polar surface area (TPSA) is 9.23 Å². The number of rotatable bonds is 8. The summed E-state index contributed by atoms with van der Waals surface area (Å²) in [6, 6.07) is 8.57. The van der Waals surface area contributed by atoms with Gasteiger partial charge in [0.15, 0.2) is 17.4 Å². The van der Waals surface area contributed by atoms with Crippen molar-refractivity contribution in [3.63, 3.8) is 0 Å². The van der Waals surface area contributed by atoms with Crippen LogP contribution in [0.15, 0.2) is 30.3 Å². The van der Waals surface area contributed by atoms with Gasteiger partial charge in [0.05, 0.1) is 12.7 Å². The van der Waals surface area contributed by atoms with Gasteiger partial charge in [-0.1, -0.05) is 50.1 Å². The summed E-state index contributed by atoms with van der Waals surface area (Å²) in [6.45, 7) is 3.70. The van der Waals surface area contributed by atoms with Gasteiger partial charge in [0, 0.05) is 0 Å². The lowest BCUT2D eigenvalue weighted by molar-refractivity contribution is 0.308. The number of allylic oxidation sites excluding steroid dienone is 2. The van der Waals surface area contributed by atoms with Crippen molar-refractivity contribution in [3.05, 3.63) is 70.3 Å². The minimum atomic E-state index is -1.52. The second-order valence-electron chi connectivity index (χ2n) is 8.84. The Labute approximate surface area is 188 Å². The second-order valence-corrected chi connectivity index (χ2v) is 8.84. The van der Waals surface area contributed by atoms with Crippen LogP contribution in [0, 0.1) is 29.2 Å². The molecule has 0 N–H and O–H groups in total. The molecule has 174 valence electrons. The van der Waals surface area contributed by atoms with E-state index in [-0.39, 0.29) is 5.57 Å². The maximum Gasteiger partial charge on any atom is 0.204 e. The average molecular weight is 449 g/mol. The zero-order valence-corrected chi connectivity index (χ0v) is 19.1. The Morgan fingerprint density at radius 3 is 2.06 bits per heavy atom. The predicted molar refractivity (Wildman–Crippen MR) is 121 cm³/mol. The van der Waals surface area contributed by atoms with E-state index in [4.69, 9.17) is 0 Å². The second kappa shape index (κ2) is 11.0. The van der Waals surface area contributed by atoms with Crippen LogP contribution in [0.3, 0.4) is 0 Å². The number of halogens is 4. The van der Waals surface area contributed by atoms with Gasteiger partial charge in [-0.25, -0.2) is 8.78 Å². The predicted octanol–water partition coefficient (Wildman–Crippen LogP) is 8.36. The van der Waals surface area contributed by atoms with Crippen LogP contribution in [0.2, 0.25) is 0 Å². The monoisotopic (exact) mass is 448 g/mol. The van der Waals surface area contributed by atoms with Crippen molar-refractivity contribution >= 4 is 5.57 Å². The number of benzene rings is 2. The molecule has 0 unspecified atom stereocenters. The van der Waals surface area contributed by atoms with E-state index in [1.165, 1.54) is 51.0 Å². The molecule has 1 aliphatic rings. The molecule has 1 nitrogen and oxygen atoms in total. The number of hydrogen-bond donors (Lipinski definition) is 0. The van der Waals surface area contributed by atoms with Crippen LogP contribution in [0.1, 0.15) is 81.4 Å². The largest absolute Gasteiger partial charge is 0.491 e. The zero-order valence-electron chi connectivity index (χ0n) is 19.1. The van der Waals surface area contributed by atoms with Gasteiger partial charge in [0.2, 0.25) is 11.6 Å². The molecule has 0 saturated heterocycles. The van der Waals surface area contributed by atoms with Gasteiger partial charge >= 0.3 is 0 Å². The summed E-state index contributed by atoms with van der Waals surface area (Å²) in [5.41, 5.74) is 1.96. The lowest BCUT2D eigenvalue weighted by atomic mass is 9.77. The molecule has 2 aromatic carbocycles. The Kier molecular flexibility index (Phi) is 8.38. The molecule has 0 amide bonds. The van der Waals surface area contributed by atoms with E-state index in [1.54, 1.807) is 6.08 Å². The lowest BCUT2D eigenvalue weighted by Gasteiger charge is -2.28. The molecule has 0 bridgehead atoms. The highest BCUT2D eigenvalue weighted by Gasteiger charge is 2.27. The number of methoxy groups -OCH3 is 1. The smallest absolute Gasteiger partial charge is 0.204 e. The molecule has 1 aliphatic carbocycles. The van der Waals surface area contributed by atoms with Crippen molar-refractivity contribution in [1.29, 1.82) is 0 Å². The van der Waals surface area contributed by atoms with E-state index >= 15 is 0 Å². The highest BCUT2D eigenvalue weighted by Crippen LogP contribution is 2.37. The first-order chi connectivity index (χ1) is 15.4. The Morgan fingerprint density at radius 1 is 0.938 bits per heavy atom. The zero-order chi connectivity index (χ0) is 23.3.